The minimum absolute atomic E-state index is 0.0845. The minimum Gasteiger partial charge on any atom is -0.355 e. The van der Waals surface area contributed by atoms with E-state index in [2.05, 4.69) is 34.9 Å². The fourth-order valence-electron chi connectivity index (χ4n) is 1.97. The molecule has 2 unspecified atom stereocenters. The molecule has 0 aliphatic heterocycles. The lowest BCUT2D eigenvalue weighted by Crippen LogP contribution is -2.34. The monoisotopic (exact) mass is 218 g/mol. The van der Waals surface area contributed by atoms with Crippen LogP contribution in [0.25, 0.3) is 0 Å². The maximum absolute atomic E-state index is 11.2. The van der Waals surface area contributed by atoms with Crippen LogP contribution in [0.2, 0.25) is 0 Å². The number of nitrogens with one attached hydrogen (secondary N) is 2. The SMILES string of the molecule is CCNC(=O)CNC1CC1c1ccccc1. The Morgan fingerprint density at radius 1 is 1.38 bits per heavy atom. The molecule has 1 saturated carbocycles. The van der Waals surface area contributed by atoms with E-state index in [-0.39, 0.29) is 5.91 Å². The quantitative estimate of drug-likeness (QED) is 0.781. The first kappa shape index (κ1) is 11.1. The Morgan fingerprint density at radius 3 is 2.81 bits per heavy atom. The second-order valence-corrected chi connectivity index (χ2v) is 4.19. The lowest BCUT2D eigenvalue weighted by Gasteiger charge is -2.04. The molecule has 1 amide bonds. The maximum Gasteiger partial charge on any atom is 0.233 e. The van der Waals surface area contributed by atoms with Crippen molar-refractivity contribution in [1.29, 1.82) is 0 Å². The molecule has 1 aliphatic carbocycles. The smallest absolute Gasteiger partial charge is 0.233 e. The van der Waals surface area contributed by atoms with Gasteiger partial charge in [-0.1, -0.05) is 30.3 Å². The number of hydrogen-bond acceptors (Lipinski definition) is 2. The second-order valence-electron chi connectivity index (χ2n) is 4.19. The van der Waals surface area contributed by atoms with Gasteiger partial charge in [-0.2, -0.15) is 0 Å². The van der Waals surface area contributed by atoms with Crippen molar-refractivity contribution in [3.63, 3.8) is 0 Å². The lowest BCUT2D eigenvalue weighted by molar-refractivity contribution is -0.120. The van der Waals surface area contributed by atoms with Gasteiger partial charge in [0, 0.05) is 18.5 Å². The van der Waals surface area contributed by atoms with E-state index in [0.29, 0.717) is 25.0 Å². The molecule has 2 N–H and O–H groups in total. The fraction of sp³-hybridized carbons (Fsp3) is 0.462. The number of hydrogen-bond donors (Lipinski definition) is 2. The highest BCUT2D eigenvalue weighted by molar-refractivity contribution is 5.78. The average molecular weight is 218 g/mol. The molecule has 0 bridgehead atoms. The lowest BCUT2D eigenvalue weighted by atomic mass is 10.1. The van der Waals surface area contributed by atoms with Crippen molar-refractivity contribution in [2.75, 3.05) is 13.1 Å². The normalized spacial score (nSPS) is 22.8. The molecule has 0 spiro atoms. The average Bonchev–Trinajstić information content (AvgIpc) is 3.07. The van der Waals surface area contributed by atoms with Gasteiger partial charge in [0.2, 0.25) is 5.91 Å². The molecule has 0 heterocycles. The van der Waals surface area contributed by atoms with E-state index in [4.69, 9.17) is 0 Å². The Hall–Kier alpha value is -1.35. The molecule has 0 radical (unpaired) electrons. The van der Waals surface area contributed by atoms with Crippen LogP contribution in [0, 0.1) is 0 Å². The molecule has 2 rings (SSSR count). The molecule has 16 heavy (non-hydrogen) atoms. The van der Waals surface area contributed by atoms with Crippen molar-refractivity contribution in [2.24, 2.45) is 0 Å². The van der Waals surface area contributed by atoms with Crippen LogP contribution in [0.3, 0.4) is 0 Å². The Bertz CT molecular complexity index is 350. The Morgan fingerprint density at radius 2 is 2.12 bits per heavy atom. The molecule has 3 nitrogen and oxygen atoms in total. The summed E-state index contributed by atoms with van der Waals surface area (Å²) in [7, 11) is 0. The van der Waals surface area contributed by atoms with E-state index >= 15 is 0 Å². The molecule has 1 fully saturated rings. The van der Waals surface area contributed by atoms with E-state index in [1.807, 2.05) is 13.0 Å². The topological polar surface area (TPSA) is 41.1 Å². The van der Waals surface area contributed by atoms with Gasteiger partial charge < -0.3 is 10.6 Å². The highest BCUT2D eigenvalue weighted by Gasteiger charge is 2.37. The summed E-state index contributed by atoms with van der Waals surface area (Å²) in [6, 6.07) is 10.9. The van der Waals surface area contributed by atoms with Crippen LogP contribution in [0.5, 0.6) is 0 Å². The predicted molar refractivity (Wildman–Crippen MR) is 64.3 cm³/mol. The Kier molecular flexibility index (Phi) is 3.57. The van der Waals surface area contributed by atoms with E-state index in [0.717, 1.165) is 6.42 Å². The molecule has 2 atom stereocenters. The number of carbonyl (C=O) groups is 1. The van der Waals surface area contributed by atoms with Gasteiger partial charge in [-0.25, -0.2) is 0 Å². The maximum atomic E-state index is 11.2. The number of amides is 1. The first-order valence-electron chi connectivity index (χ1n) is 5.86. The molecule has 1 aromatic rings. The van der Waals surface area contributed by atoms with Crippen LogP contribution in [-0.2, 0) is 4.79 Å². The van der Waals surface area contributed by atoms with Crippen LogP contribution in [-0.4, -0.2) is 25.0 Å². The van der Waals surface area contributed by atoms with Crippen LogP contribution < -0.4 is 10.6 Å². The number of rotatable bonds is 5. The summed E-state index contributed by atoms with van der Waals surface area (Å²) < 4.78 is 0. The van der Waals surface area contributed by atoms with Crippen LogP contribution in [0.15, 0.2) is 30.3 Å². The summed E-state index contributed by atoms with van der Waals surface area (Å²) in [6.07, 6.45) is 1.14. The molecular formula is C13H18N2O. The van der Waals surface area contributed by atoms with Gasteiger partial charge in [-0.05, 0) is 18.9 Å². The summed E-state index contributed by atoms with van der Waals surface area (Å²) in [5.74, 6) is 0.678. The molecule has 86 valence electrons. The van der Waals surface area contributed by atoms with E-state index in [9.17, 15) is 4.79 Å². The molecule has 1 aromatic carbocycles. The van der Waals surface area contributed by atoms with Crippen molar-refractivity contribution in [3.05, 3.63) is 35.9 Å². The number of likely N-dealkylation sites (N-methyl/N-ethyl adjacent to an activating group) is 1. The van der Waals surface area contributed by atoms with E-state index in [1.165, 1.54) is 5.56 Å². The van der Waals surface area contributed by atoms with E-state index < -0.39 is 0 Å². The molecule has 3 heteroatoms. The Labute approximate surface area is 96.2 Å². The fourth-order valence-corrected chi connectivity index (χ4v) is 1.97. The van der Waals surface area contributed by atoms with Gasteiger partial charge in [-0.3, -0.25) is 4.79 Å². The summed E-state index contributed by atoms with van der Waals surface area (Å²) in [4.78, 5) is 11.2. The predicted octanol–water partition coefficient (Wildman–Crippen LogP) is 1.27. The first-order valence-corrected chi connectivity index (χ1v) is 5.86. The molecule has 0 saturated heterocycles. The van der Waals surface area contributed by atoms with Gasteiger partial charge in [0.05, 0.1) is 6.54 Å². The van der Waals surface area contributed by atoms with E-state index in [1.54, 1.807) is 0 Å². The van der Waals surface area contributed by atoms with Crippen molar-refractivity contribution in [2.45, 2.75) is 25.3 Å². The zero-order chi connectivity index (χ0) is 11.4. The molecular weight excluding hydrogens is 200 g/mol. The van der Waals surface area contributed by atoms with Gasteiger partial charge in [0.25, 0.3) is 0 Å². The van der Waals surface area contributed by atoms with Gasteiger partial charge in [0.15, 0.2) is 0 Å². The molecule has 0 aromatic heterocycles. The van der Waals surface area contributed by atoms with Crippen LogP contribution in [0.1, 0.15) is 24.8 Å². The van der Waals surface area contributed by atoms with Gasteiger partial charge in [0.1, 0.15) is 0 Å². The number of benzene rings is 1. The van der Waals surface area contributed by atoms with Crippen LogP contribution in [0.4, 0.5) is 0 Å². The third-order valence-corrected chi connectivity index (χ3v) is 2.92. The summed E-state index contributed by atoms with van der Waals surface area (Å²) in [6.45, 7) is 3.07. The third-order valence-electron chi connectivity index (χ3n) is 2.92. The summed E-state index contributed by atoms with van der Waals surface area (Å²) in [5, 5.41) is 6.06. The largest absolute Gasteiger partial charge is 0.355 e. The third kappa shape index (κ3) is 2.83. The van der Waals surface area contributed by atoms with Gasteiger partial charge >= 0.3 is 0 Å². The first-order chi connectivity index (χ1) is 7.81. The summed E-state index contributed by atoms with van der Waals surface area (Å²) in [5.41, 5.74) is 1.37. The zero-order valence-corrected chi connectivity index (χ0v) is 9.57. The zero-order valence-electron chi connectivity index (χ0n) is 9.57. The van der Waals surface area contributed by atoms with Crippen molar-refractivity contribution in [3.8, 4) is 0 Å². The highest BCUT2D eigenvalue weighted by Crippen LogP contribution is 2.40. The standard InChI is InChI=1S/C13H18N2O/c1-2-14-13(16)9-15-12-8-11(12)10-6-4-3-5-7-10/h3-7,11-12,15H,2,8-9H2,1H3,(H,14,16). The summed E-state index contributed by atoms with van der Waals surface area (Å²) >= 11 is 0. The minimum atomic E-state index is 0.0845. The van der Waals surface area contributed by atoms with Crippen molar-refractivity contribution < 1.29 is 4.79 Å². The van der Waals surface area contributed by atoms with Crippen molar-refractivity contribution >= 4 is 5.91 Å². The van der Waals surface area contributed by atoms with Crippen LogP contribution >= 0.6 is 0 Å². The van der Waals surface area contributed by atoms with Gasteiger partial charge in [-0.15, -0.1) is 0 Å². The number of carbonyl (C=O) groups excluding carboxylic acids is 1. The second kappa shape index (κ2) is 5.12. The molecule has 1 aliphatic rings. The highest BCUT2D eigenvalue weighted by atomic mass is 16.1. The Balaban J connectivity index is 1.74. The van der Waals surface area contributed by atoms with Crippen molar-refractivity contribution in [1.82, 2.24) is 10.6 Å².